The molecule has 4 aromatic heterocycles. The van der Waals surface area contributed by atoms with Gasteiger partial charge in [-0.25, -0.2) is 9.97 Å². The fourth-order valence-corrected chi connectivity index (χ4v) is 2.77. The summed E-state index contributed by atoms with van der Waals surface area (Å²) in [5.41, 5.74) is 2.51. The first-order valence-corrected chi connectivity index (χ1v) is 8.59. The molecule has 0 saturated heterocycles. The van der Waals surface area contributed by atoms with Gasteiger partial charge >= 0.3 is 0 Å². The van der Waals surface area contributed by atoms with E-state index in [2.05, 4.69) is 30.6 Å². The van der Waals surface area contributed by atoms with E-state index >= 15 is 0 Å². The Kier molecular flexibility index (Phi) is 4.51. The highest BCUT2D eigenvalue weighted by Gasteiger charge is 2.11. The smallest absolute Gasteiger partial charge is 0.228 e. The molecule has 0 aromatic carbocycles. The molecule has 1 atom stereocenters. The number of rotatable bonds is 6. The summed E-state index contributed by atoms with van der Waals surface area (Å²) >= 11 is 0. The fourth-order valence-electron chi connectivity index (χ4n) is 2.77. The van der Waals surface area contributed by atoms with Crippen molar-refractivity contribution in [2.24, 2.45) is 7.05 Å². The lowest BCUT2D eigenvalue weighted by atomic mass is 10.2. The topological polar surface area (TPSA) is 95.0 Å². The zero-order valence-electron chi connectivity index (χ0n) is 15.4. The maximum absolute atomic E-state index is 5.32. The van der Waals surface area contributed by atoms with Crippen molar-refractivity contribution in [3.8, 4) is 11.3 Å². The van der Waals surface area contributed by atoms with Crippen molar-refractivity contribution >= 4 is 17.4 Å². The second-order valence-electron chi connectivity index (χ2n) is 6.24. The van der Waals surface area contributed by atoms with Crippen molar-refractivity contribution < 1.29 is 4.74 Å². The van der Waals surface area contributed by atoms with Crippen LogP contribution in [-0.4, -0.2) is 47.6 Å². The third-order valence-corrected chi connectivity index (χ3v) is 4.37. The quantitative estimate of drug-likeness (QED) is 0.560. The van der Waals surface area contributed by atoms with E-state index in [1.54, 1.807) is 24.2 Å². The largest absolute Gasteiger partial charge is 0.381 e. The number of hydrogen-bond donors (Lipinski definition) is 1. The lowest BCUT2D eigenvalue weighted by Gasteiger charge is -2.08. The van der Waals surface area contributed by atoms with Crippen molar-refractivity contribution in [2.75, 3.05) is 12.4 Å². The van der Waals surface area contributed by atoms with Gasteiger partial charge in [-0.05, 0) is 25.1 Å². The highest BCUT2D eigenvalue weighted by molar-refractivity contribution is 5.65. The van der Waals surface area contributed by atoms with Gasteiger partial charge in [-0.2, -0.15) is 5.10 Å². The maximum atomic E-state index is 5.32. The SMILES string of the molecule is COC(C)Cc1nnc2cc(-c3ccnc(Nc4ccnn4C)n3)ccn12. The van der Waals surface area contributed by atoms with Gasteiger partial charge in [-0.15, -0.1) is 10.2 Å². The van der Waals surface area contributed by atoms with E-state index in [0.29, 0.717) is 12.4 Å². The minimum Gasteiger partial charge on any atom is -0.381 e. The minimum atomic E-state index is 0.0829. The summed E-state index contributed by atoms with van der Waals surface area (Å²) in [5, 5.41) is 15.8. The zero-order valence-corrected chi connectivity index (χ0v) is 15.4. The van der Waals surface area contributed by atoms with E-state index < -0.39 is 0 Å². The van der Waals surface area contributed by atoms with Crippen molar-refractivity contribution in [1.82, 2.24) is 34.3 Å². The Morgan fingerprint density at radius 1 is 1.19 bits per heavy atom. The second kappa shape index (κ2) is 7.12. The fraction of sp³-hybridized carbons (Fsp3) is 0.278. The van der Waals surface area contributed by atoms with Gasteiger partial charge in [-0.1, -0.05) is 0 Å². The first-order valence-electron chi connectivity index (χ1n) is 8.59. The van der Waals surface area contributed by atoms with E-state index in [1.165, 1.54) is 0 Å². The molecule has 0 aliphatic carbocycles. The van der Waals surface area contributed by atoms with Crippen LogP contribution in [-0.2, 0) is 18.2 Å². The number of anilines is 2. The Bertz CT molecular complexity index is 1070. The van der Waals surface area contributed by atoms with Crippen LogP contribution in [0, 0.1) is 0 Å². The third-order valence-electron chi connectivity index (χ3n) is 4.37. The number of pyridine rings is 1. The summed E-state index contributed by atoms with van der Waals surface area (Å²) < 4.78 is 9.01. The summed E-state index contributed by atoms with van der Waals surface area (Å²) in [6, 6.07) is 7.68. The zero-order chi connectivity index (χ0) is 18.8. The molecule has 0 aliphatic heterocycles. The van der Waals surface area contributed by atoms with Gasteiger partial charge in [-0.3, -0.25) is 9.08 Å². The van der Waals surface area contributed by atoms with Crippen LogP contribution in [0.1, 0.15) is 12.7 Å². The molecule has 0 bridgehead atoms. The maximum Gasteiger partial charge on any atom is 0.228 e. The standard InChI is InChI=1S/C18H20N8O/c1-12(27-3)10-16-23-24-17-11-13(6-9-26(16)17)14-4-7-19-18(21-14)22-15-5-8-20-25(15)2/h4-9,11-12H,10H2,1-3H3,(H,19,21,22). The Balaban J connectivity index is 1.62. The lowest BCUT2D eigenvalue weighted by Crippen LogP contribution is -2.11. The van der Waals surface area contributed by atoms with Crippen LogP contribution in [0.2, 0.25) is 0 Å². The van der Waals surface area contributed by atoms with Crippen LogP contribution in [0.4, 0.5) is 11.8 Å². The Labute approximate surface area is 156 Å². The minimum absolute atomic E-state index is 0.0829. The molecule has 4 aromatic rings. The van der Waals surface area contributed by atoms with E-state index in [-0.39, 0.29) is 6.10 Å². The summed E-state index contributed by atoms with van der Waals surface area (Å²) in [6.45, 7) is 2.01. The second-order valence-corrected chi connectivity index (χ2v) is 6.24. The van der Waals surface area contributed by atoms with Crippen LogP contribution >= 0.6 is 0 Å². The monoisotopic (exact) mass is 364 g/mol. The van der Waals surface area contributed by atoms with Gasteiger partial charge in [0.15, 0.2) is 5.65 Å². The number of nitrogens with zero attached hydrogens (tertiary/aromatic N) is 7. The predicted octanol–water partition coefficient (Wildman–Crippen LogP) is 2.24. The number of methoxy groups -OCH3 is 1. The van der Waals surface area contributed by atoms with Crippen molar-refractivity contribution in [3.05, 3.63) is 48.7 Å². The van der Waals surface area contributed by atoms with Crippen LogP contribution in [0.25, 0.3) is 16.9 Å². The molecule has 1 unspecified atom stereocenters. The van der Waals surface area contributed by atoms with Crippen LogP contribution in [0.15, 0.2) is 42.9 Å². The molecule has 0 spiro atoms. The molecular formula is C18H20N8O. The van der Waals surface area contributed by atoms with Crippen molar-refractivity contribution in [2.45, 2.75) is 19.4 Å². The molecule has 1 N–H and O–H groups in total. The Hall–Kier alpha value is -3.33. The number of hydrogen-bond acceptors (Lipinski definition) is 7. The molecule has 0 amide bonds. The van der Waals surface area contributed by atoms with E-state index in [4.69, 9.17) is 4.74 Å². The number of ether oxygens (including phenoxy) is 1. The molecule has 0 saturated carbocycles. The molecule has 4 heterocycles. The van der Waals surface area contributed by atoms with Gasteiger partial charge in [0, 0.05) is 44.6 Å². The Morgan fingerprint density at radius 2 is 2.07 bits per heavy atom. The molecule has 9 heteroatoms. The molecule has 4 rings (SSSR count). The first kappa shape index (κ1) is 17.1. The highest BCUT2D eigenvalue weighted by Crippen LogP contribution is 2.21. The number of fused-ring (bicyclic) bond motifs is 1. The summed E-state index contributed by atoms with van der Waals surface area (Å²) in [4.78, 5) is 8.87. The molecule has 0 radical (unpaired) electrons. The Morgan fingerprint density at radius 3 is 2.85 bits per heavy atom. The van der Waals surface area contributed by atoms with Gasteiger partial charge in [0.2, 0.25) is 5.95 Å². The number of aryl methyl sites for hydroxylation is 1. The van der Waals surface area contributed by atoms with E-state index in [1.807, 2.05) is 48.8 Å². The average Bonchev–Trinajstić information content (AvgIpc) is 3.28. The molecular weight excluding hydrogens is 344 g/mol. The lowest BCUT2D eigenvalue weighted by molar-refractivity contribution is 0.117. The number of nitrogens with one attached hydrogen (secondary N) is 1. The normalized spacial score (nSPS) is 12.4. The number of aromatic nitrogens is 7. The van der Waals surface area contributed by atoms with Crippen LogP contribution in [0.5, 0.6) is 0 Å². The summed E-state index contributed by atoms with van der Waals surface area (Å²) in [7, 11) is 3.55. The molecule has 0 fully saturated rings. The summed E-state index contributed by atoms with van der Waals surface area (Å²) in [6.07, 6.45) is 6.18. The van der Waals surface area contributed by atoms with E-state index in [0.717, 1.165) is 28.5 Å². The van der Waals surface area contributed by atoms with E-state index in [9.17, 15) is 0 Å². The molecule has 27 heavy (non-hydrogen) atoms. The first-order chi connectivity index (χ1) is 13.1. The van der Waals surface area contributed by atoms with Gasteiger partial charge in [0.25, 0.3) is 0 Å². The van der Waals surface area contributed by atoms with Crippen LogP contribution < -0.4 is 5.32 Å². The van der Waals surface area contributed by atoms with Gasteiger partial charge in [0.1, 0.15) is 11.6 Å². The van der Waals surface area contributed by atoms with Crippen molar-refractivity contribution in [3.63, 3.8) is 0 Å². The summed E-state index contributed by atoms with van der Waals surface area (Å²) in [5.74, 6) is 2.19. The average molecular weight is 364 g/mol. The highest BCUT2D eigenvalue weighted by atomic mass is 16.5. The van der Waals surface area contributed by atoms with Gasteiger partial charge in [0.05, 0.1) is 18.0 Å². The molecule has 0 aliphatic rings. The van der Waals surface area contributed by atoms with Gasteiger partial charge < -0.3 is 10.1 Å². The van der Waals surface area contributed by atoms with Crippen molar-refractivity contribution in [1.29, 1.82) is 0 Å². The molecule has 138 valence electrons. The predicted molar refractivity (Wildman–Crippen MR) is 101 cm³/mol. The van der Waals surface area contributed by atoms with Crippen LogP contribution in [0.3, 0.4) is 0 Å². The molecule has 9 nitrogen and oxygen atoms in total. The third kappa shape index (κ3) is 3.49.